The largest absolute Gasteiger partial charge is 0.479 e. The number of furan rings is 1. The van der Waals surface area contributed by atoms with E-state index in [0.29, 0.717) is 28.0 Å². The molecule has 0 aliphatic heterocycles. The zero-order valence-corrected chi connectivity index (χ0v) is 13.8. The highest BCUT2D eigenvalue weighted by Crippen LogP contribution is 2.30. The maximum atomic E-state index is 12.2. The molecule has 6 nitrogen and oxygen atoms in total. The van der Waals surface area contributed by atoms with Crippen LogP contribution in [-0.4, -0.2) is 31.3 Å². The second-order valence-corrected chi connectivity index (χ2v) is 5.43. The number of hydrogen-bond donors (Lipinski definition) is 0. The van der Waals surface area contributed by atoms with E-state index in [4.69, 9.17) is 13.9 Å². The molecule has 0 aliphatic rings. The number of aryl methyl sites for hydroxylation is 1. The maximum Gasteiger partial charge on any atom is 0.346 e. The molecule has 0 amide bonds. The maximum absolute atomic E-state index is 12.2. The van der Waals surface area contributed by atoms with Crippen LogP contribution in [0.1, 0.15) is 36.9 Å². The highest BCUT2D eigenvalue weighted by atomic mass is 16.6. The molecule has 0 spiro atoms. The summed E-state index contributed by atoms with van der Waals surface area (Å²) in [7, 11) is 1.30. The number of ether oxygens (including phenoxy) is 3. The van der Waals surface area contributed by atoms with Crippen LogP contribution >= 0.6 is 0 Å². The fourth-order valence-corrected chi connectivity index (χ4v) is 2.22. The Labute approximate surface area is 134 Å². The summed E-state index contributed by atoms with van der Waals surface area (Å²) in [6, 6.07) is 5.01. The van der Waals surface area contributed by atoms with Crippen LogP contribution in [0, 0.1) is 6.92 Å². The van der Waals surface area contributed by atoms with E-state index < -0.39 is 18.0 Å². The Bertz CT molecular complexity index is 728. The number of methoxy groups -OCH3 is 1. The monoisotopic (exact) mass is 320 g/mol. The van der Waals surface area contributed by atoms with Crippen molar-refractivity contribution in [1.82, 2.24) is 0 Å². The molecule has 0 saturated heterocycles. The third-order valence-electron chi connectivity index (χ3n) is 3.23. The molecule has 0 fully saturated rings. The van der Waals surface area contributed by atoms with Crippen molar-refractivity contribution in [1.29, 1.82) is 0 Å². The molecule has 124 valence electrons. The molecule has 0 N–H and O–H groups in total. The molecule has 0 aliphatic carbocycles. The number of fused-ring (bicyclic) bond motifs is 1. The van der Waals surface area contributed by atoms with Gasteiger partial charge in [0.25, 0.3) is 0 Å². The van der Waals surface area contributed by atoms with E-state index >= 15 is 0 Å². The van der Waals surface area contributed by atoms with Crippen molar-refractivity contribution in [3.05, 3.63) is 29.5 Å². The van der Waals surface area contributed by atoms with E-state index in [9.17, 15) is 9.59 Å². The summed E-state index contributed by atoms with van der Waals surface area (Å²) in [5.41, 5.74) is 0.918. The Balaban J connectivity index is 2.38. The molecule has 23 heavy (non-hydrogen) atoms. The molecule has 2 rings (SSSR count). The van der Waals surface area contributed by atoms with Gasteiger partial charge in [-0.25, -0.2) is 9.59 Å². The first-order valence-electron chi connectivity index (χ1n) is 7.32. The summed E-state index contributed by atoms with van der Waals surface area (Å²) in [6.07, 6.45) is -0.984. The fourth-order valence-electron chi connectivity index (χ4n) is 2.22. The van der Waals surface area contributed by atoms with Gasteiger partial charge < -0.3 is 18.6 Å². The van der Waals surface area contributed by atoms with Gasteiger partial charge in [0.2, 0.25) is 0 Å². The summed E-state index contributed by atoms with van der Waals surface area (Å²) >= 11 is 0. The predicted molar refractivity (Wildman–Crippen MR) is 83.6 cm³/mol. The van der Waals surface area contributed by atoms with Gasteiger partial charge in [-0.15, -0.1) is 0 Å². The number of hydrogen-bond acceptors (Lipinski definition) is 6. The third-order valence-corrected chi connectivity index (χ3v) is 3.23. The lowest BCUT2D eigenvalue weighted by atomic mass is 10.1. The Morgan fingerprint density at radius 3 is 2.48 bits per heavy atom. The van der Waals surface area contributed by atoms with E-state index in [1.807, 2.05) is 0 Å². The van der Waals surface area contributed by atoms with Gasteiger partial charge in [-0.1, -0.05) is 0 Å². The zero-order valence-electron chi connectivity index (χ0n) is 13.8. The lowest BCUT2D eigenvalue weighted by molar-refractivity contribution is -0.147. The van der Waals surface area contributed by atoms with E-state index in [1.54, 1.807) is 45.9 Å². The number of carbonyl (C=O) groups excluding carboxylic acids is 2. The van der Waals surface area contributed by atoms with Gasteiger partial charge >= 0.3 is 11.9 Å². The number of esters is 2. The van der Waals surface area contributed by atoms with Gasteiger partial charge in [-0.05, 0) is 45.9 Å². The van der Waals surface area contributed by atoms with Gasteiger partial charge in [0.1, 0.15) is 22.7 Å². The normalized spacial score (nSPS) is 12.3. The highest BCUT2D eigenvalue weighted by Gasteiger charge is 2.22. The van der Waals surface area contributed by atoms with Gasteiger partial charge in [0.05, 0.1) is 13.2 Å². The van der Waals surface area contributed by atoms with Crippen LogP contribution in [-0.2, 0) is 14.3 Å². The van der Waals surface area contributed by atoms with Gasteiger partial charge in [0.15, 0.2) is 6.10 Å². The number of carbonyl (C=O) groups is 2. The molecular weight excluding hydrogens is 300 g/mol. The molecule has 0 saturated carbocycles. The number of benzene rings is 1. The van der Waals surface area contributed by atoms with Crippen LogP contribution in [0.5, 0.6) is 5.75 Å². The van der Waals surface area contributed by atoms with Crippen LogP contribution in [0.25, 0.3) is 11.0 Å². The first-order valence-corrected chi connectivity index (χ1v) is 7.32. The van der Waals surface area contributed by atoms with Gasteiger partial charge in [-0.3, -0.25) is 0 Å². The van der Waals surface area contributed by atoms with Crippen molar-refractivity contribution in [3.63, 3.8) is 0 Å². The second-order valence-electron chi connectivity index (χ2n) is 5.43. The Kier molecular flexibility index (Phi) is 4.93. The van der Waals surface area contributed by atoms with Crippen molar-refractivity contribution < 1.29 is 28.2 Å². The Hall–Kier alpha value is -2.50. The van der Waals surface area contributed by atoms with E-state index in [2.05, 4.69) is 4.74 Å². The molecule has 1 heterocycles. The smallest absolute Gasteiger partial charge is 0.346 e. The van der Waals surface area contributed by atoms with Gasteiger partial charge in [-0.2, -0.15) is 0 Å². The molecule has 1 atom stereocenters. The molecule has 1 aromatic carbocycles. The minimum absolute atomic E-state index is 0.231. The lowest BCUT2D eigenvalue weighted by Gasteiger charge is -2.12. The van der Waals surface area contributed by atoms with Crippen molar-refractivity contribution in [2.45, 2.75) is 39.9 Å². The van der Waals surface area contributed by atoms with E-state index in [1.165, 1.54) is 7.11 Å². The second kappa shape index (κ2) is 6.73. The van der Waals surface area contributed by atoms with E-state index in [-0.39, 0.29) is 6.10 Å². The molecule has 2 aromatic rings. The van der Waals surface area contributed by atoms with Gasteiger partial charge in [0, 0.05) is 5.39 Å². The summed E-state index contributed by atoms with van der Waals surface area (Å²) in [5.74, 6) is -0.0130. The molecule has 1 aromatic heterocycles. The average molecular weight is 320 g/mol. The summed E-state index contributed by atoms with van der Waals surface area (Å²) < 4.78 is 21.0. The van der Waals surface area contributed by atoms with Crippen molar-refractivity contribution in [2.24, 2.45) is 0 Å². The zero-order chi connectivity index (χ0) is 17.1. The van der Waals surface area contributed by atoms with E-state index in [0.717, 1.165) is 0 Å². The fraction of sp³-hybridized carbons (Fsp3) is 0.412. The predicted octanol–water partition coefficient (Wildman–Crippen LogP) is 3.25. The minimum atomic E-state index is -0.753. The number of rotatable bonds is 5. The van der Waals surface area contributed by atoms with Crippen LogP contribution < -0.4 is 4.74 Å². The summed E-state index contributed by atoms with van der Waals surface area (Å²) in [4.78, 5) is 23.7. The van der Waals surface area contributed by atoms with Crippen molar-refractivity contribution >= 4 is 22.9 Å². The molecule has 0 bridgehead atoms. The summed E-state index contributed by atoms with van der Waals surface area (Å²) in [6.45, 7) is 6.85. The topological polar surface area (TPSA) is 75.0 Å². The molecular formula is C17H20O6. The summed E-state index contributed by atoms with van der Waals surface area (Å²) in [5, 5.41) is 0.586. The van der Waals surface area contributed by atoms with Crippen LogP contribution in [0.3, 0.4) is 0 Å². The molecule has 0 radical (unpaired) electrons. The van der Waals surface area contributed by atoms with Crippen LogP contribution in [0.2, 0.25) is 0 Å². The Morgan fingerprint density at radius 2 is 1.87 bits per heavy atom. The first kappa shape index (κ1) is 16.9. The molecule has 0 unspecified atom stereocenters. The highest BCUT2D eigenvalue weighted by molar-refractivity contribution is 6.05. The average Bonchev–Trinajstić information content (AvgIpc) is 2.80. The van der Waals surface area contributed by atoms with Crippen molar-refractivity contribution in [2.75, 3.05) is 7.11 Å². The standard InChI is InChI=1S/C17H20O6/c1-9(2)21-17(19)15-10(3)23-14-7-6-12(8-13(14)15)22-11(4)16(18)20-5/h6-9,11H,1-5H3/t11-/m0/s1. The third kappa shape index (κ3) is 3.64. The quantitative estimate of drug-likeness (QED) is 0.787. The molecule has 6 heteroatoms. The van der Waals surface area contributed by atoms with Crippen molar-refractivity contribution in [3.8, 4) is 5.75 Å². The SMILES string of the molecule is COC(=O)[C@H](C)Oc1ccc2oc(C)c(C(=O)OC(C)C)c2c1. The Morgan fingerprint density at radius 1 is 1.17 bits per heavy atom. The van der Waals surface area contributed by atoms with Crippen LogP contribution in [0.15, 0.2) is 22.6 Å². The van der Waals surface area contributed by atoms with Crippen LogP contribution in [0.4, 0.5) is 0 Å². The lowest BCUT2D eigenvalue weighted by Crippen LogP contribution is -2.24. The minimum Gasteiger partial charge on any atom is -0.479 e. The first-order chi connectivity index (χ1) is 10.8.